The highest BCUT2D eigenvalue weighted by atomic mass is 32.2. The Morgan fingerprint density at radius 2 is 2.15 bits per heavy atom. The van der Waals surface area contributed by atoms with Gasteiger partial charge in [0.1, 0.15) is 0 Å². The van der Waals surface area contributed by atoms with Crippen molar-refractivity contribution in [1.29, 1.82) is 0 Å². The van der Waals surface area contributed by atoms with Crippen LogP contribution >= 0.6 is 0 Å². The third-order valence-corrected chi connectivity index (χ3v) is 3.25. The van der Waals surface area contributed by atoms with Crippen molar-refractivity contribution in [3.8, 4) is 0 Å². The van der Waals surface area contributed by atoms with Crippen molar-refractivity contribution in [2.45, 2.75) is 18.7 Å². The lowest BCUT2D eigenvalue weighted by molar-refractivity contribution is 0.260. The molecule has 0 aromatic carbocycles. The molecular formula is C7H14N2O3S. The summed E-state index contributed by atoms with van der Waals surface area (Å²) in [6, 6.07) is 0. The first kappa shape index (κ1) is 10.3. The van der Waals surface area contributed by atoms with Crippen molar-refractivity contribution in [3.63, 3.8) is 0 Å². The van der Waals surface area contributed by atoms with Crippen LogP contribution in [-0.2, 0) is 10.1 Å². The molecule has 0 aliphatic carbocycles. The Hall–Kier alpha value is -0.750. The summed E-state index contributed by atoms with van der Waals surface area (Å²) in [7, 11) is -2.13. The van der Waals surface area contributed by atoms with Gasteiger partial charge >= 0.3 is 0 Å². The van der Waals surface area contributed by atoms with Gasteiger partial charge < -0.3 is 9.80 Å². The molecule has 0 bridgehead atoms. The lowest BCUT2D eigenvalue weighted by Gasteiger charge is -2.24. The van der Waals surface area contributed by atoms with Gasteiger partial charge in [0, 0.05) is 19.4 Å². The van der Waals surface area contributed by atoms with Gasteiger partial charge in [-0.25, -0.2) is 0 Å². The van der Waals surface area contributed by atoms with Crippen molar-refractivity contribution in [2.24, 2.45) is 0 Å². The molecule has 1 atom stereocenters. The van der Waals surface area contributed by atoms with Gasteiger partial charge in [0.2, 0.25) is 0 Å². The quantitative estimate of drug-likeness (QED) is 0.672. The summed E-state index contributed by atoms with van der Waals surface area (Å²) in [5.41, 5.74) is 0. The van der Waals surface area contributed by atoms with E-state index in [2.05, 4.69) is 0 Å². The molecule has 0 aromatic heterocycles. The summed E-state index contributed by atoms with van der Waals surface area (Å²) in [6.45, 7) is 2.23. The van der Waals surface area contributed by atoms with E-state index in [9.17, 15) is 8.42 Å². The van der Waals surface area contributed by atoms with Crippen LogP contribution < -0.4 is 0 Å². The van der Waals surface area contributed by atoms with Gasteiger partial charge in [0.25, 0.3) is 10.1 Å². The second-order valence-corrected chi connectivity index (χ2v) is 4.66. The minimum atomic E-state index is -3.97. The molecule has 0 aromatic rings. The molecule has 0 amide bonds. The molecule has 76 valence electrons. The predicted molar refractivity (Wildman–Crippen MR) is 49.2 cm³/mol. The van der Waals surface area contributed by atoms with E-state index in [1.165, 1.54) is 0 Å². The van der Waals surface area contributed by atoms with Gasteiger partial charge in [0.05, 0.1) is 6.67 Å². The summed E-state index contributed by atoms with van der Waals surface area (Å²) in [5.74, 6) is 0. The minimum Gasteiger partial charge on any atom is -0.362 e. The molecule has 6 heteroatoms. The molecule has 0 saturated carbocycles. The van der Waals surface area contributed by atoms with Gasteiger partial charge in [0.15, 0.2) is 5.37 Å². The highest BCUT2D eigenvalue weighted by Gasteiger charge is 2.28. The molecule has 1 unspecified atom stereocenters. The van der Waals surface area contributed by atoms with Gasteiger partial charge in [-0.2, -0.15) is 8.42 Å². The smallest absolute Gasteiger partial charge is 0.286 e. The molecular weight excluding hydrogens is 192 g/mol. The van der Waals surface area contributed by atoms with Crippen molar-refractivity contribution >= 4 is 10.1 Å². The van der Waals surface area contributed by atoms with Crippen LogP contribution in [0, 0.1) is 0 Å². The zero-order chi connectivity index (χ0) is 10.1. The van der Waals surface area contributed by atoms with Crippen LogP contribution in [0.25, 0.3) is 0 Å². The predicted octanol–water partition coefficient (Wildman–Crippen LogP) is 0.286. The average Bonchev–Trinajstić information content (AvgIpc) is 2.34. The lowest BCUT2D eigenvalue weighted by atomic mass is 10.4. The fourth-order valence-electron chi connectivity index (χ4n) is 1.35. The van der Waals surface area contributed by atoms with Crippen LogP contribution in [0.5, 0.6) is 0 Å². The fraction of sp³-hybridized carbons (Fsp3) is 0.714. The van der Waals surface area contributed by atoms with Gasteiger partial charge in [-0.05, 0) is 6.42 Å². The summed E-state index contributed by atoms with van der Waals surface area (Å²) in [5, 5.41) is -0.825. The summed E-state index contributed by atoms with van der Waals surface area (Å²) in [6.07, 6.45) is 3.81. The van der Waals surface area contributed by atoms with Gasteiger partial charge in [-0.1, -0.05) is 6.92 Å². The zero-order valence-electron chi connectivity index (χ0n) is 7.71. The molecule has 0 saturated heterocycles. The van der Waals surface area contributed by atoms with Gasteiger partial charge in [-0.15, -0.1) is 0 Å². The highest BCUT2D eigenvalue weighted by molar-refractivity contribution is 7.86. The first-order chi connectivity index (χ1) is 5.95. The van der Waals surface area contributed by atoms with E-state index in [4.69, 9.17) is 4.55 Å². The number of hydrogen-bond acceptors (Lipinski definition) is 4. The van der Waals surface area contributed by atoms with E-state index in [0.717, 1.165) is 0 Å². The van der Waals surface area contributed by atoms with E-state index in [1.54, 1.807) is 24.2 Å². The number of rotatable bonds is 3. The third-order valence-electron chi connectivity index (χ3n) is 1.96. The second kappa shape index (κ2) is 3.55. The van der Waals surface area contributed by atoms with E-state index >= 15 is 0 Å². The molecule has 13 heavy (non-hydrogen) atoms. The minimum absolute atomic E-state index is 0.372. The lowest BCUT2D eigenvalue weighted by Crippen LogP contribution is -2.38. The first-order valence-electron chi connectivity index (χ1n) is 4.05. The number of nitrogens with zero attached hydrogens (tertiary/aromatic N) is 2. The summed E-state index contributed by atoms with van der Waals surface area (Å²) >= 11 is 0. The van der Waals surface area contributed by atoms with Crippen LogP contribution in [-0.4, -0.2) is 41.9 Å². The molecule has 0 spiro atoms. The maximum atomic E-state index is 10.9. The molecule has 1 N–H and O–H groups in total. The average molecular weight is 206 g/mol. The standard InChI is InChI=1S/C7H14N2O3S/c1-3-7(13(10,11)12)9-5-4-8(2)6-9/h4-5,7H,3,6H2,1-2H3,(H,10,11,12). The SMILES string of the molecule is CCC(N1C=CN(C)C1)S(=O)(=O)O. The van der Waals surface area contributed by atoms with Crippen molar-refractivity contribution in [2.75, 3.05) is 13.7 Å². The maximum absolute atomic E-state index is 10.9. The Morgan fingerprint density at radius 1 is 1.54 bits per heavy atom. The monoisotopic (exact) mass is 206 g/mol. The molecule has 0 fully saturated rings. The maximum Gasteiger partial charge on any atom is 0.286 e. The van der Waals surface area contributed by atoms with Crippen LogP contribution in [0.15, 0.2) is 12.4 Å². The Bertz CT molecular complexity index is 299. The van der Waals surface area contributed by atoms with E-state index < -0.39 is 15.5 Å². The topological polar surface area (TPSA) is 60.9 Å². The van der Waals surface area contributed by atoms with Crippen LogP contribution in [0.4, 0.5) is 0 Å². The summed E-state index contributed by atoms with van der Waals surface area (Å²) < 4.78 is 30.7. The van der Waals surface area contributed by atoms with Crippen molar-refractivity contribution in [1.82, 2.24) is 9.80 Å². The Kier molecular flexibility index (Phi) is 2.82. The van der Waals surface area contributed by atoms with E-state index in [0.29, 0.717) is 13.1 Å². The van der Waals surface area contributed by atoms with Crippen molar-refractivity contribution in [3.05, 3.63) is 12.4 Å². The highest BCUT2D eigenvalue weighted by Crippen LogP contribution is 2.15. The van der Waals surface area contributed by atoms with Crippen LogP contribution in [0.3, 0.4) is 0 Å². The largest absolute Gasteiger partial charge is 0.362 e. The van der Waals surface area contributed by atoms with Crippen LogP contribution in [0.2, 0.25) is 0 Å². The van der Waals surface area contributed by atoms with E-state index in [-0.39, 0.29) is 0 Å². The first-order valence-corrected chi connectivity index (χ1v) is 5.56. The Morgan fingerprint density at radius 3 is 2.46 bits per heavy atom. The van der Waals surface area contributed by atoms with Crippen molar-refractivity contribution < 1.29 is 13.0 Å². The molecule has 1 aliphatic rings. The molecule has 5 nitrogen and oxygen atoms in total. The molecule has 0 radical (unpaired) electrons. The summed E-state index contributed by atoms with van der Waals surface area (Å²) in [4.78, 5) is 3.43. The molecule has 1 rings (SSSR count). The zero-order valence-corrected chi connectivity index (χ0v) is 8.53. The normalized spacial score (nSPS) is 19.6. The molecule has 1 heterocycles. The Labute approximate surface area is 78.4 Å². The fourth-order valence-corrected chi connectivity index (χ4v) is 2.25. The second-order valence-electron chi connectivity index (χ2n) is 3.09. The molecule has 1 aliphatic heterocycles. The van der Waals surface area contributed by atoms with Gasteiger partial charge in [-0.3, -0.25) is 4.55 Å². The van der Waals surface area contributed by atoms with E-state index in [1.807, 2.05) is 11.9 Å². The Balaban J connectivity index is 2.75. The third kappa shape index (κ3) is 2.35. The van der Waals surface area contributed by atoms with Crippen LogP contribution in [0.1, 0.15) is 13.3 Å². The number of hydrogen-bond donors (Lipinski definition) is 1.